The van der Waals surface area contributed by atoms with Gasteiger partial charge in [0.25, 0.3) is 0 Å². The van der Waals surface area contributed by atoms with Gasteiger partial charge < -0.3 is 0 Å². The Labute approximate surface area is 102 Å². The zero-order valence-electron chi connectivity index (χ0n) is 8.40. The third kappa shape index (κ3) is 2.70. The Bertz CT molecular complexity index is 621. The van der Waals surface area contributed by atoms with E-state index in [0.29, 0.717) is 5.02 Å². The summed E-state index contributed by atoms with van der Waals surface area (Å²) in [5, 5.41) is 0.639. The van der Waals surface area contributed by atoms with Crippen LogP contribution in [0.2, 0.25) is 5.02 Å². The first-order chi connectivity index (χ1) is 7.46. The molecule has 2 aromatic heterocycles. The topological polar surface area (TPSA) is 59.1 Å². The first-order valence-corrected chi connectivity index (χ1v) is 7.52. The number of nitrogens with zero attached hydrogens (tertiary/aromatic N) is 1. The third-order valence-electron chi connectivity index (χ3n) is 1.92. The first-order valence-electron chi connectivity index (χ1n) is 4.43. The lowest BCUT2D eigenvalue weighted by Gasteiger charge is -1.97. The van der Waals surface area contributed by atoms with Crippen molar-refractivity contribution in [2.45, 2.75) is 6.54 Å². The van der Waals surface area contributed by atoms with Crippen LogP contribution in [0.25, 0.3) is 10.2 Å². The number of pyridine rings is 1. The Hall–Kier alpha value is -0.690. The van der Waals surface area contributed by atoms with Crippen LogP contribution in [-0.2, 0) is 16.6 Å². The van der Waals surface area contributed by atoms with E-state index in [1.807, 2.05) is 6.07 Å². The molecule has 1 N–H and O–H groups in total. The fraction of sp³-hybridized carbons (Fsp3) is 0.222. The van der Waals surface area contributed by atoms with E-state index in [1.54, 1.807) is 12.3 Å². The molecule has 0 unspecified atom stereocenters. The van der Waals surface area contributed by atoms with E-state index in [-0.39, 0.29) is 6.54 Å². The van der Waals surface area contributed by atoms with Crippen molar-refractivity contribution in [1.82, 2.24) is 9.71 Å². The van der Waals surface area contributed by atoms with Gasteiger partial charge in [-0.05, 0) is 12.1 Å². The lowest BCUT2D eigenvalue weighted by atomic mass is 10.4. The van der Waals surface area contributed by atoms with E-state index in [0.717, 1.165) is 21.3 Å². The van der Waals surface area contributed by atoms with E-state index >= 15 is 0 Å². The molecule has 0 aromatic carbocycles. The number of hydrogen-bond acceptors (Lipinski definition) is 4. The molecule has 86 valence electrons. The summed E-state index contributed by atoms with van der Waals surface area (Å²) >= 11 is 7.44. The smallest absolute Gasteiger partial charge is 0.209 e. The van der Waals surface area contributed by atoms with Crippen LogP contribution in [0.4, 0.5) is 0 Å². The van der Waals surface area contributed by atoms with E-state index in [9.17, 15) is 8.42 Å². The minimum absolute atomic E-state index is 0.274. The highest BCUT2D eigenvalue weighted by molar-refractivity contribution is 7.88. The predicted octanol–water partition coefficient (Wildman–Crippen LogP) is 2.00. The van der Waals surface area contributed by atoms with Crippen molar-refractivity contribution in [2.24, 2.45) is 0 Å². The molecule has 0 aliphatic rings. The van der Waals surface area contributed by atoms with Crippen LogP contribution >= 0.6 is 22.9 Å². The zero-order valence-corrected chi connectivity index (χ0v) is 10.8. The summed E-state index contributed by atoms with van der Waals surface area (Å²) < 4.78 is 25.2. The molecular weight excluding hydrogens is 268 g/mol. The Morgan fingerprint density at radius 2 is 2.31 bits per heavy atom. The molecule has 0 aliphatic heterocycles. The van der Waals surface area contributed by atoms with Crippen molar-refractivity contribution in [2.75, 3.05) is 6.26 Å². The van der Waals surface area contributed by atoms with Gasteiger partial charge in [-0.1, -0.05) is 11.6 Å². The molecule has 4 nitrogen and oxygen atoms in total. The summed E-state index contributed by atoms with van der Waals surface area (Å²) in [5.41, 5.74) is 0.794. The van der Waals surface area contributed by atoms with Crippen molar-refractivity contribution in [1.29, 1.82) is 0 Å². The van der Waals surface area contributed by atoms with Gasteiger partial charge in [0.15, 0.2) is 0 Å². The summed E-state index contributed by atoms with van der Waals surface area (Å²) in [5.74, 6) is 0. The van der Waals surface area contributed by atoms with E-state index in [4.69, 9.17) is 11.6 Å². The zero-order chi connectivity index (χ0) is 11.8. The van der Waals surface area contributed by atoms with Crippen molar-refractivity contribution >= 4 is 43.2 Å². The highest BCUT2D eigenvalue weighted by Crippen LogP contribution is 2.30. The van der Waals surface area contributed by atoms with E-state index < -0.39 is 10.0 Å². The third-order valence-corrected chi connectivity index (χ3v) is 4.18. The minimum atomic E-state index is -3.17. The molecule has 2 aromatic rings. The summed E-state index contributed by atoms with van der Waals surface area (Å²) in [6.45, 7) is 0.274. The highest BCUT2D eigenvalue weighted by Gasteiger charge is 2.07. The van der Waals surface area contributed by atoms with Gasteiger partial charge in [-0.15, -0.1) is 11.3 Å². The Balaban J connectivity index is 2.30. The van der Waals surface area contributed by atoms with Gasteiger partial charge in [-0.2, -0.15) is 0 Å². The molecule has 0 radical (unpaired) electrons. The predicted molar refractivity (Wildman–Crippen MR) is 66.3 cm³/mol. The van der Waals surface area contributed by atoms with Gasteiger partial charge in [-0.25, -0.2) is 13.1 Å². The lowest BCUT2D eigenvalue weighted by molar-refractivity contribution is 0.588. The van der Waals surface area contributed by atoms with Crippen molar-refractivity contribution in [3.63, 3.8) is 0 Å². The van der Waals surface area contributed by atoms with Crippen LogP contribution in [-0.4, -0.2) is 19.7 Å². The number of sulfonamides is 1. The molecule has 0 saturated heterocycles. The number of fused-ring (bicyclic) bond motifs is 1. The number of hydrogen-bond donors (Lipinski definition) is 1. The normalized spacial score (nSPS) is 12.1. The maximum absolute atomic E-state index is 10.9. The van der Waals surface area contributed by atoms with Crippen molar-refractivity contribution < 1.29 is 8.42 Å². The quantitative estimate of drug-likeness (QED) is 0.933. The summed E-state index contributed by atoms with van der Waals surface area (Å²) in [7, 11) is -3.17. The number of rotatable bonds is 3. The Morgan fingerprint density at radius 1 is 1.56 bits per heavy atom. The lowest BCUT2D eigenvalue weighted by Crippen LogP contribution is -2.20. The highest BCUT2D eigenvalue weighted by atomic mass is 35.5. The standard InChI is InChI=1S/C9H9ClN2O2S2/c1-16(13,14)12-5-6-4-8-9(15-6)7(10)2-3-11-8/h2-4,12H,5H2,1H3. The molecule has 0 aliphatic carbocycles. The molecule has 0 atom stereocenters. The number of thiophene rings is 1. The average Bonchev–Trinajstić information content (AvgIpc) is 2.58. The summed E-state index contributed by atoms with van der Waals surface area (Å²) in [4.78, 5) is 5.05. The average molecular weight is 277 g/mol. The molecule has 0 spiro atoms. The molecule has 0 amide bonds. The van der Waals surface area contributed by atoms with Gasteiger partial charge in [0.05, 0.1) is 21.5 Å². The molecule has 0 saturated carbocycles. The fourth-order valence-corrected chi connectivity index (χ4v) is 2.98. The van der Waals surface area contributed by atoms with Crippen molar-refractivity contribution in [3.8, 4) is 0 Å². The largest absolute Gasteiger partial charge is 0.255 e. The summed E-state index contributed by atoms with van der Waals surface area (Å²) in [6, 6.07) is 3.55. The monoisotopic (exact) mass is 276 g/mol. The molecular formula is C9H9ClN2O2S2. The van der Waals surface area contributed by atoms with Crippen molar-refractivity contribution in [3.05, 3.63) is 28.2 Å². The van der Waals surface area contributed by atoms with Gasteiger partial charge in [0.1, 0.15) is 0 Å². The first kappa shape index (κ1) is 11.8. The van der Waals surface area contributed by atoms with Crippen LogP contribution in [0, 0.1) is 0 Å². The second-order valence-electron chi connectivity index (χ2n) is 3.31. The summed E-state index contributed by atoms with van der Waals surface area (Å²) in [6.07, 6.45) is 2.76. The van der Waals surface area contributed by atoms with Gasteiger partial charge in [-0.3, -0.25) is 4.98 Å². The Kier molecular flexibility index (Phi) is 3.16. The Morgan fingerprint density at radius 3 is 2.94 bits per heavy atom. The van der Waals surface area contributed by atoms with Crippen LogP contribution in [0.3, 0.4) is 0 Å². The van der Waals surface area contributed by atoms with Crippen LogP contribution in [0.5, 0.6) is 0 Å². The maximum atomic E-state index is 10.9. The van der Waals surface area contributed by atoms with E-state index in [2.05, 4.69) is 9.71 Å². The maximum Gasteiger partial charge on any atom is 0.209 e. The fourth-order valence-electron chi connectivity index (χ4n) is 1.25. The van der Waals surface area contributed by atoms with Gasteiger partial charge >= 0.3 is 0 Å². The second kappa shape index (κ2) is 4.29. The van der Waals surface area contributed by atoms with Crippen LogP contribution < -0.4 is 4.72 Å². The SMILES string of the molecule is CS(=O)(=O)NCc1cc2nccc(Cl)c2s1. The molecule has 7 heteroatoms. The van der Waals surface area contributed by atoms with Gasteiger partial charge in [0, 0.05) is 17.6 Å². The second-order valence-corrected chi connectivity index (χ2v) is 6.69. The van der Waals surface area contributed by atoms with E-state index in [1.165, 1.54) is 11.3 Å². The van der Waals surface area contributed by atoms with Crippen LogP contribution in [0.15, 0.2) is 18.3 Å². The molecule has 0 fully saturated rings. The molecule has 16 heavy (non-hydrogen) atoms. The molecule has 0 bridgehead atoms. The number of nitrogens with one attached hydrogen (secondary N) is 1. The molecule has 2 heterocycles. The van der Waals surface area contributed by atoms with Gasteiger partial charge in [0.2, 0.25) is 10.0 Å². The molecule has 2 rings (SSSR count). The minimum Gasteiger partial charge on any atom is -0.255 e. The van der Waals surface area contributed by atoms with Crippen LogP contribution in [0.1, 0.15) is 4.88 Å². The number of aromatic nitrogens is 1. The number of halogens is 1.